The number of amides is 1. The van der Waals surface area contributed by atoms with Crippen molar-refractivity contribution in [2.24, 2.45) is 0 Å². The van der Waals surface area contributed by atoms with Crippen LogP contribution in [-0.4, -0.2) is 28.8 Å². The van der Waals surface area contributed by atoms with Crippen molar-refractivity contribution in [2.45, 2.75) is 38.0 Å². The van der Waals surface area contributed by atoms with Crippen LogP contribution in [0.1, 0.15) is 39.9 Å². The molecule has 104 valence electrons. The van der Waals surface area contributed by atoms with Crippen molar-refractivity contribution in [3.63, 3.8) is 0 Å². The normalized spacial score (nSPS) is 15.6. The van der Waals surface area contributed by atoms with Crippen molar-refractivity contribution in [3.05, 3.63) is 21.4 Å². The number of carboxylic acids is 1. The van der Waals surface area contributed by atoms with E-state index in [0.717, 1.165) is 17.9 Å². The Labute approximate surface area is 120 Å². The summed E-state index contributed by atoms with van der Waals surface area (Å²) in [5.41, 5.74) is 1.26. The van der Waals surface area contributed by atoms with Crippen LogP contribution in [0.3, 0.4) is 0 Å². The Hall–Kier alpha value is -1.01. The van der Waals surface area contributed by atoms with Gasteiger partial charge in [0.15, 0.2) is 0 Å². The predicted molar refractivity (Wildman–Crippen MR) is 78.0 cm³/mol. The highest BCUT2D eigenvalue weighted by Crippen LogP contribution is 2.31. The average Bonchev–Trinajstić information content (AvgIpc) is 2.81. The minimum absolute atomic E-state index is 0.0246. The molecule has 2 rings (SSSR count). The molecule has 0 aliphatic carbocycles. The van der Waals surface area contributed by atoms with Crippen molar-refractivity contribution >= 4 is 35.0 Å². The van der Waals surface area contributed by atoms with E-state index in [1.165, 1.54) is 10.4 Å². The number of hydrogen-bond acceptors (Lipinski definition) is 4. The zero-order chi connectivity index (χ0) is 13.8. The van der Waals surface area contributed by atoms with Gasteiger partial charge in [-0.3, -0.25) is 9.59 Å². The van der Waals surface area contributed by atoms with Gasteiger partial charge >= 0.3 is 5.97 Å². The molecule has 1 amide bonds. The monoisotopic (exact) mass is 299 g/mol. The highest BCUT2D eigenvalue weighted by Gasteiger charge is 2.20. The van der Waals surface area contributed by atoms with Crippen LogP contribution < -0.4 is 5.32 Å². The van der Waals surface area contributed by atoms with Gasteiger partial charge in [0.1, 0.15) is 0 Å². The van der Waals surface area contributed by atoms with E-state index in [-0.39, 0.29) is 18.4 Å². The van der Waals surface area contributed by atoms with Gasteiger partial charge in [0, 0.05) is 16.7 Å². The van der Waals surface area contributed by atoms with Crippen LogP contribution in [0.4, 0.5) is 0 Å². The molecular formula is C13H17NO3S2. The first-order valence-corrected chi connectivity index (χ1v) is 8.29. The predicted octanol–water partition coefficient (Wildman–Crippen LogP) is 2.52. The van der Waals surface area contributed by atoms with Crippen molar-refractivity contribution in [2.75, 3.05) is 5.75 Å². The lowest BCUT2D eigenvalue weighted by molar-refractivity contribution is -0.137. The Morgan fingerprint density at radius 3 is 2.95 bits per heavy atom. The molecule has 0 bridgehead atoms. The molecule has 1 unspecified atom stereocenters. The first-order valence-electron chi connectivity index (χ1n) is 6.32. The number of carbonyl (C=O) groups is 2. The second-order valence-corrected chi connectivity index (χ2v) is 6.78. The van der Waals surface area contributed by atoms with Gasteiger partial charge in [-0.05, 0) is 30.2 Å². The van der Waals surface area contributed by atoms with Crippen LogP contribution in [0.25, 0.3) is 0 Å². The number of nitrogens with one attached hydrogen (secondary N) is 1. The molecule has 1 aromatic rings. The van der Waals surface area contributed by atoms with E-state index in [1.54, 1.807) is 11.3 Å². The summed E-state index contributed by atoms with van der Waals surface area (Å²) in [4.78, 5) is 24.8. The maximum absolute atomic E-state index is 12.1. The molecule has 19 heavy (non-hydrogen) atoms. The lowest BCUT2D eigenvalue weighted by Gasteiger charge is -2.13. The maximum Gasteiger partial charge on any atom is 0.305 e. The molecule has 2 N–H and O–H groups in total. The second-order valence-electron chi connectivity index (χ2n) is 4.54. The summed E-state index contributed by atoms with van der Waals surface area (Å²) in [5, 5.41) is 11.6. The number of fused-ring (bicyclic) bond motifs is 1. The van der Waals surface area contributed by atoms with Crippen molar-refractivity contribution in [1.82, 2.24) is 5.32 Å². The topological polar surface area (TPSA) is 66.4 Å². The van der Waals surface area contributed by atoms with E-state index in [4.69, 9.17) is 5.11 Å². The first kappa shape index (κ1) is 14.4. The molecule has 4 nitrogen and oxygen atoms in total. The zero-order valence-corrected chi connectivity index (χ0v) is 12.4. The Morgan fingerprint density at radius 1 is 1.53 bits per heavy atom. The van der Waals surface area contributed by atoms with Gasteiger partial charge in [-0.2, -0.15) is 11.8 Å². The van der Waals surface area contributed by atoms with Crippen LogP contribution in [0, 0.1) is 0 Å². The summed E-state index contributed by atoms with van der Waals surface area (Å²) in [6.45, 7) is 1.88. The summed E-state index contributed by atoms with van der Waals surface area (Å²) in [7, 11) is 0. The molecule has 0 spiro atoms. The minimum Gasteiger partial charge on any atom is -0.481 e. The summed E-state index contributed by atoms with van der Waals surface area (Å²) in [6.07, 6.45) is 1.63. The molecule has 0 radical (unpaired) electrons. The fourth-order valence-electron chi connectivity index (χ4n) is 2.02. The van der Waals surface area contributed by atoms with E-state index in [9.17, 15) is 9.59 Å². The van der Waals surface area contributed by atoms with E-state index in [1.807, 2.05) is 24.8 Å². The average molecular weight is 299 g/mol. The summed E-state index contributed by atoms with van der Waals surface area (Å²) in [6, 6.07) is 1.66. The summed E-state index contributed by atoms with van der Waals surface area (Å²) < 4.78 is 0. The minimum atomic E-state index is -0.881. The van der Waals surface area contributed by atoms with Crippen molar-refractivity contribution in [3.8, 4) is 0 Å². The summed E-state index contributed by atoms with van der Waals surface area (Å²) in [5.74, 6) is 1.07. The standard InChI is InChI=1S/C13H17NO3S2/c1-2-9(6-12(15)16)14-13(17)11-5-8-7-18-4-3-10(8)19-11/h5,9H,2-4,6-7H2,1H3,(H,14,17)(H,15,16). The number of hydrogen-bond donors (Lipinski definition) is 2. The molecule has 1 atom stereocenters. The zero-order valence-electron chi connectivity index (χ0n) is 10.8. The molecule has 1 aliphatic heterocycles. The Balaban J connectivity index is 2.02. The van der Waals surface area contributed by atoms with Crippen LogP contribution in [-0.2, 0) is 17.0 Å². The van der Waals surface area contributed by atoms with E-state index >= 15 is 0 Å². The Bertz CT molecular complexity index is 461. The van der Waals surface area contributed by atoms with Gasteiger partial charge in [0.05, 0.1) is 11.3 Å². The lowest BCUT2D eigenvalue weighted by Crippen LogP contribution is -2.35. The fraction of sp³-hybridized carbons (Fsp3) is 0.538. The van der Waals surface area contributed by atoms with E-state index < -0.39 is 5.97 Å². The number of aryl methyl sites for hydroxylation is 1. The molecule has 0 saturated heterocycles. The molecular weight excluding hydrogens is 282 g/mol. The van der Waals surface area contributed by atoms with Gasteiger partial charge in [-0.15, -0.1) is 11.3 Å². The molecule has 2 heterocycles. The molecule has 6 heteroatoms. The third-order valence-electron chi connectivity index (χ3n) is 3.10. The number of carbonyl (C=O) groups excluding carboxylic acids is 1. The lowest BCUT2D eigenvalue weighted by atomic mass is 10.1. The number of thioether (sulfide) groups is 1. The molecule has 0 aromatic carbocycles. The Kier molecular flexibility index (Phi) is 4.87. The molecule has 0 fully saturated rings. The number of carboxylic acid groups (broad SMARTS) is 1. The summed E-state index contributed by atoms with van der Waals surface area (Å²) >= 11 is 3.43. The highest BCUT2D eigenvalue weighted by atomic mass is 32.2. The molecule has 1 aromatic heterocycles. The fourth-order valence-corrected chi connectivity index (χ4v) is 4.30. The SMILES string of the molecule is CCC(CC(=O)O)NC(=O)c1cc2c(s1)CCSC2. The highest BCUT2D eigenvalue weighted by molar-refractivity contribution is 7.98. The van der Waals surface area contributed by atoms with Gasteiger partial charge in [-0.1, -0.05) is 6.92 Å². The van der Waals surface area contributed by atoms with Crippen LogP contribution in [0.5, 0.6) is 0 Å². The molecule has 1 aliphatic rings. The first-order chi connectivity index (χ1) is 9.10. The van der Waals surface area contributed by atoms with Gasteiger partial charge in [-0.25, -0.2) is 0 Å². The Morgan fingerprint density at radius 2 is 2.32 bits per heavy atom. The van der Waals surface area contributed by atoms with Gasteiger partial charge < -0.3 is 10.4 Å². The van der Waals surface area contributed by atoms with Gasteiger partial charge in [0.25, 0.3) is 5.91 Å². The molecule has 0 saturated carbocycles. The van der Waals surface area contributed by atoms with Crippen molar-refractivity contribution < 1.29 is 14.7 Å². The number of aliphatic carboxylic acids is 1. The maximum atomic E-state index is 12.1. The second kappa shape index (κ2) is 6.43. The number of thiophene rings is 1. The van der Waals surface area contributed by atoms with E-state index in [0.29, 0.717) is 11.3 Å². The van der Waals surface area contributed by atoms with Gasteiger partial charge in [0.2, 0.25) is 0 Å². The number of rotatable bonds is 5. The third kappa shape index (κ3) is 3.73. The third-order valence-corrected chi connectivity index (χ3v) is 5.34. The van der Waals surface area contributed by atoms with Crippen LogP contribution >= 0.6 is 23.1 Å². The van der Waals surface area contributed by atoms with Crippen LogP contribution in [0.15, 0.2) is 6.07 Å². The largest absolute Gasteiger partial charge is 0.481 e. The quantitative estimate of drug-likeness (QED) is 0.877. The van der Waals surface area contributed by atoms with Crippen LogP contribution in [0.2, 0.25) is 0 Å². The van der Waals surface area contributed by atoms with E-state index in [2.05, 4.69) is 5.32 Å². The van der Waals surface area contributed by atoms with Crippen molar-refractivity contribution in [1.29, 1.82) is 0 Å². The smallest absolute Gasteiger partial charge is 0.305 e.